The van der Waals surface area contributed by atoms with E-state index in [-0.39, 0.29) is 5.91 Å². The Kier molecular flexibility index (Phi) is 4.35. The molecule has 0 unspecified atom stereocenters. The number of carbonyl (C=O) groups is 1. The van der Waals surface area contributed by atoms with Gasteiger partial charge in [0.15, 0.2) is 0 Å². The molecule has 2 aromatic rings. The second kappa shape index (κ2) is 6.19. The summed E-state index contributed by atoms with van der Waals surface area (Å²) < 4.78 is 0. The monoisotopic (exact) mass is 253 g/mol. The molecule has 0 heterocycles. The highest BCUT2D eigenvalue weighted by atomic mass is 16.2. The van der Waals surface area contributed by atoms with Gasteiger partial charge in [0.05, 0.1) is 0 Å². The first-order valence-corrected chi connectivity index (χ1v) is 6.51. The highest BCUT2D eigenvalue weighted by Gasteiger charge is 2.04. The first-order chi connectivity index (χ1) is 9.16. The van der Waals surface area contributed by atoms with Gasteiger partial charge in [0, 0.05) is 20.5 Å². The summed E-state index contributed by atoms with van der Waals surface area (Å²) in [6.07, 6.45) is 1.36. The van der Waals surface area contributed by atoms with Crippen molar-refractivity contribution in [2.24, 2.45) is 0 Å². The van der Waals surface area contributed by atoms with Crippen molar-refractivity contribution in [3.05, 3.63) is 60.2 Å². The maximum atomic E-state index is 11.5. The van der Waals surface area contributed by atoms with Gasteiger partial charge < -0.3 is 4.90 Å². The van der Waals surface area contributed by atoms with Gasteiger partial charge in [0.25, 0.3) is 0 Å². The lowest BCUT2D eigenvalue weighted by atomic mass is 10.0. The summed E-state index contributed by atoms with van der Waals surface area (Å²) in [4.78, 5) is 13.2. The van der Waals surface area contributed by atoms with Gasteiger partial charge in [0.2, 0.25) is 5.91 Å². The maximum Gasteiger partial charge on any atom is 0.222 e. The SMILES string of the molecule is CN(C)C(=O)CCc1ccc(-c2ccccc2)cc1. The van der Waals surface area contributed by atoms with E-state index in [0.29, 0.717) is 6.42 Å². The number of benzene rings is 2. The van der Waals surface area contributed by atoms with Crippen molar-refractivity contribution in [2.75, 3.05) is 14.1 Å². The lowest BCUT2D eigenvalue weighted by Gasteiger charge is -2.10. The standard InChI is InChI=1S/C17H19NO/c1-18(2)17(19)13-10-14-8-11-16(12-9-14)15-6-4-3-5-7-15/h3-9,11-12H,10,13H2,1-2H3. The third-order valence-corrected chi connectivity index (χ3v) is 3.19. The van der Waals surface area contributed by atoms with Crippen molar-refractivity contribution in [3.8, 4) is 11.1 Å². The summed E-state index contributed by atoms with van der Waals surface area (Å²) in [5.41, 5.74) is 3.64. The maximum absolute atomic E-state index is 11.5. The van der Waals surface area contributed by atoms with E-state index in [2.05, 4.69) is 36.4 Å². The molecule has 0 aromatic heterocycles. The average Bonchev–Trinajstić information content (AvgIpc) is 2.46. The van der Waals surface area contributed by atoms with E-state index in [0.717, 1.165) is 6.42 Å². The Balaban J connectivity index is 2.01. The predicted molar refractivity (Wildman–Crippen MR) is 78.9 cm³/mol. The van der Waals surface area contributed by atoms with Crippen LogP contribution in [0.25, 0.3) is 11.1 Å². The molecule has 0 aliphatic carbocycles. The lowest BCUT2D eigenvalue weighted by Crippen LogP contribution is -2.21. The highest BCUT2D eigenvalue weighted by molar-refractivity contribution is 5.75. The first-order valence-electron chi connectivity index (χ1n) is 6.51. The van der Waals surface area contributed by atoms with Crippen molar-refractivity contribution in [1.29, 1.82) is 0 Å². The van der Waals surface area contributed by atoms with E-state index >= 15 is 0 Å². The third-order valence-electron chi connectivity index (χ3n) is 3.19. The van der Waals surface area contributed by atoms with Crippen molar-refractivity contribution in [2.45, 2.75) is 12.8 Å². The molecule has 0 saturated carbocycles. The molecular weight excluding hydrogens is 234 g/mol. The molecule has 0 saturated heterocycles. The van der Waals surface area contributed by atoms with E-state index in [9.17, 15) is 4.79 Å². The molecule has 1 amide bonds. The van der Waals surface area contributed by atoms with Gasteiger partial charge in [-0.25, -0.2) is 0 Å². The summed E-state index contributed by atoms with van der Waals surface area (Å²) in [5.74, 6) is 0.173. The third kappa shape index (κ3) is 3.68. The molecule has 0 N–H and O–H groups in total. The minimum absolute atomic E-state index is 0.173. The molecule has 0 aliphatic heterocycles. The normalized spacial score (nSPS) is 10.2. The summed E-state index contributed by atoms with van der Waals surface area (Å²) in [6.45, 7) is 0. The summed E-state index contributed by atoms with van der Waals surface area (Å²) in [7, 11) is 3.58. The summed E-state index contributed by atoms with van der Waals surface area (Å²) in [6, 6.07) is 18.7. The molecule has 0 fully saturated rings. The fourth-order valence-electron chi connectivity index (χ4n) is 1.97. The fraction of sp³-hybridized carbons (Fsp3) is 0.235. The number of amides is 1. The van der Waals surface area contributed by atoms with Gasteiger partial charge in [-0.1, -0.05) is 54.6 Å². The lowest BCUT2D eigenvalue weighted by molar-refractivity contribution is -0.128. The zero-order chi connectivity index (χ0) is 13.7. The molecule has 2 nitrogen and oxygen atoms in total. The minimum atomic E-state index is 0.173. The molecule has 0 radical (unpaired) electrons. The highest BCUT2D eigenvalue weighted by Crippen LogP contribution is 2.19. The summed E-state index contributed by atoms with van der Waals surface area (Å²) in [5, 5.41) is 0. The predicted octanol–water partition coefficient (Wildman–Crippen LogP) is 3.37. The molecule has 2 rings (SSSR count). The molecule has 98 valence electrons. The smallest absolute Gasteiger partial charge is 0.222 e. The van der Waals surface area contributed by atoms with Crippen LogP contribution in [0.3, 0.4) is 0 Å². The molecular formula is C17H19NO. The second-order valence-corrected chi connectivity index (χ2v) is 4.85. The Morgan fingerprint density at radius 2 is 1.47 bits per heavy atom. The van der Waals surface area contributed by atoms with E-state index < -0.39 is 0 Å². The zero-order valence-electron chi connectivity index (χ0n) is 11.5. The van der Waals surface area contributed by atoms with Crippen LogP contribution in [0, 0.1) is 0 Å². The number of hydrogen-bond donors (Lipinski definition) is 0. The van der Waals surface area contributed by atoms with Crippen LogP contribution >= 0.6 is 0 Å². The molecule has 0 aliphatic rings. The number of nitrogens with zero attached hydrogens (tertiary/aromatic N) is 1. The zero-order valence-corrected chi connectivity index (χ0v) is 11.5. The van der Waals surface area contributed by atoms with Crippen molar-refractivity contribution in [1.82, 2.24) is 4.90 Å². The quantitative estimate of drug-likeness (QED) is 0.818. The minimum Gasteiger partial charge on any atom is -0.349 e. The Hall–Kier alpha value is -2.09. The molecule has 2 aromatic carbocycles. The molecule has 0 atom stereocenters. The van der Waals surface area contributed by atoms with Gasteiger partial charge in [-0.15, -0.1) is 0 Å². The number of rotatable bonds is 4. The number of carbonyl (C=O) groups excluding carboxylic acids is 1. The summed E-state index contributed by atoms with van der Waals surface area (Å²) >= 11 is 0. The van der Waals surface area contributed by atoms with Gasteiger partial charge in [-0.2, -0.15) is 0 Å². The van der Waals surface area contributed by atoms with Crippen LogP contribution < -0.4 is 0 Å². The molecule has 2 heteroatoms. The van der Waals surface area contributed by atoms with Crippen molar-refractivity contribution < 1.29 is 4.79 Å². The van der Waals surface area contributed by atoms with E-state index in [1.54, 1.807) is 19.0 Å². The topological polar surface area (TPSA) is 20.3 Å². The van der Waals surface area contributed by atoms with Gasteiger partial charge in [-0.05, 0) is 23.1 Å². The van der Waals surface area contributed by atoms with Crippen molar-refractivity contribution in [3.63, 3.8) is 0 Å². The first kappa shape index (κ1) is 13.3. The average molecular weight is 253 g/mol. The van der Waals surface area contributed by atoms with Gasteiger partial charge in [-0.3, -0.25) is 4.79 Å². The number of hydrogen-bond acceptors (Lipinski definition) is 1. The second-order valence-electron chi connectivity index (χ2n) is 4.85. The van der Waals surface area contributed by atoms with Crippen LogP contribution in [0.1, 0.15) is 12.0 Å². The van der Waals surface area contributed by atoms with E-state index in [4.69, 9.17) is 0 Å². The Morgan fingerprint density at radius 1 is 0.895 bits per heavy atom. The van der Waals surface area contributed by atoms with E-state index in [1.165, 1.54) is 16.7 Å². The molecule has 19 heavy (non-hydrogen) atoms. The Labute approximate surface area is 114 Å². The number of aryl methyl sites for hydroxylation is 1. The Bertz CT molecular complexity index is 529. The molecule has 0 spiro atoms. The Morgan fingerprint density at radius 3 is 2.05 bits per heavy atom. The largest absolute Gasteiger partial charge is 0.349 e. The van der Waals surface area contributed by atoms with Crippen LogP contribution in [0.15, 0.2) is 54.6 Å². The van der Waals surface area contributed by atoms with E-state index in [1.807, 2.05) is 18.2 Å². The van der Waals surface area contributed by atoms with Crippen LogP contribution in [-0.4, -0.2) is 24.9 Å². The fourth-order valence-corrected chi connectivity index (χ4v) is 1.97. The van der Waals surface area contributed by atoms with Crippen LogP contribution in [-0.2, 0) is 11.2 Å². The van der Waals surface area contributed by atoms with Crippen LogP contribution in [0.2, 0.25) is 0 Å². The van der Waals surface area contributed by atoms with Crippen molar-refractivity contribution >= 4 is 5.91 Å². The molecule has 0 bridgehead atoms. The van der Waals surface area contributed by atoms with Crippen LogP contribution in [0.4, 0.5) is 0 Å². The van der Waals surface area contributed by atoms with Gasteiger partial charge in [0.1, 0.15) is 0 Å². The van der Waals surface area contributed by atoms with Gasteiger partial charge >= 0.3 is 0 Å². The van der Waals surface area contributed by atoms with Crippen LogP contribution in [0.5, 0.6) is 0 Å².